The Hall–Kier alpha value is -1.83. The number of aromatic nitrogens is 1. The monoisotopic (exact) mass is 355 g/mol. The lowest BCUT2D eigenvalue weighted by molar-refractivity contribution is 0.0196. The van der Waals surface area contributed by atoms with E-state index in [2.05, 4.69) is 4.98 Å². The summed E-state index contributed by atoms with van der Waals surface area (Å²) in [7, 11) is 1.74. The van der Waals surface area contributed by atoms with Gasteiger partial charge in [0.15, 0.2) is 5.13 Å². The second kappa shape index (κ2) is 6.96. The number of amides is 1. The molecule has 1 saturated heterocycles. The van der Waals surface area contributed by atoms with Crippen molar-refractivity contribution in [1.29, 1.82) is 0 Å². The number of carbonyl (C=O) groups is 2. The molecule has 2 rings (SSSR count). The van der Waals surface area contributed by atoms with Gasteiger partial charge in [-0.15, -0.1) is 0 Å². The van der Waals surface area contributed by atoms with Crippen LogP contribution in [0.25, 0.3) is 0 Å². The summed E-state index contributed by atoms with van der Waals surface area (Å²) in [6, 6.07) is 0.0788. The molecule has 1 aromatic heterocycles. The molecule has 0 aliphatic carbocycles. The largest absolute Gasteiger partial charge is 0.462 e. The maximum Gasteiger partial charge on any atom is 0.410 e. The minimum atomic E-state index is -0.504. The summed E-state index contributed by atoms with van der Waals surface area (Å²) in [4.78, 5) is 32.6. The Bertz CT molecular complexity index is 617. The molecule has 0 aromatic carbocycles. The third-order valence-electron chi connectivity index (χ3n) is 3.61. The Balaban J connectivity index is 1.94. The first kappa shape index (κ1) is 18.5. The van der Waals surface area contributed by atoms with Crippen molar-refractivity contribution in [3.8, 4) is 0 Å². The van der Waals surface area contributed by atoms with Crippen molar-refractivity contribution >= 4 is 28.5 Å². The average Bonchev–Trinajstić information content (AvgIpc) is 2.77. The number of rotatable bonds is 4. The van der Waals surface area contributed by atoms with Crippen molar-refractivity contribution < 1.29 is 19.1 Å². The molecule has 1 amide bonds. The Morgan fingerprint density at radius 3 is 2.54 bits per heavy atom. The van der Waals surface area contributed by atoms with Crippen LogP contribution in [-0.2, 0) is 9.47 Å². The van der Waals surface area contributed by atoms with Crippen LogP contribution < -0.4 is 4.90 Å². The number of aryl methyl sites for hydroxylation is 1. The smallest absolute Gasteiger partial charge is 0.410 e. The van der Waals surface area contributed by atoms with Gasteiger partial charge in [0.2, 0.25) is 0 Å². The van der Waals surface area contributed by atoms with Crippen molar-refractivity contribution in [1.82, 2.24) is 9.88 Å². The highest BCUT2D eigenvalue weighted by Crippen LogP contribution is 2.31. The quantitative estimate of drug-likeness (QED) is 0.773. The normalized spacial score (nSPS) is 15.0. The molecule has 2 heterocycles. The van der Waals surface area contributed by atoms with Crippen LogP contribution in [0.2, 0.25) is 0 Å². The first-order valence-corrected chi connectivity index (χ1v) is 8.79. The summed E-state index contributed by atoms with van der Waals surface area (Å²) in [5, 5.41) is 0.782. The summed E-state index contributed by atoms with van der Waals surface area (Å²) >= 11 is 1.33. The molecule has 0 saturated carbocycles. The fourth-order valence-electron chi connectivity index (χ4n) is 2.24. The number of likely N-dealkylation sites (N-methyl/N-ethyl adjacent to an activating group) is 1. The summed E-state index contributed by atoms with van der Waals surface area (Å²) < 4.78 is 10.4. The van der Waals surface area contributed by atoms with E-state index in [0.717, 1.165) is 5.13 Å². The molecule has 0 N–H and O–H groups in total. The first-order valence-electron chi connectivity index (χ1n) is 7.97. The highest BCUT2D eigenvalue weighted by Gasteiger charge is 2.36. The zero-order valence-corrected chi connectivity index (χ0v) is 15.9. The molecular weight excluding hydrogens is 330 g/mol. The maximum absolute atomic E-state index is 12.1. The highest BCUT2D eigenvalue weighted by atomic mass is 32.1. The number of nitrogens with zero attached hydrogens (tertiary/aromatic N) is 3. The lowest BCUT2D eigenvalue weighted by Crippen LogP contribution is -2.60. The Labute approximate surface area is 146 Å². The number of esters is 1. The molecule has 1 fully saturated rings. The minimum Gasteiger partial charge on any atom is -0.462 e. The van der Waals surface area contributed by atoms with Crippen molar-refractivity contribution in [2.45, 2.75) is 46.3 Å². The van der Waals surface area contributed by atoms with E-state index < -0.39 is 5.60 Å². The fraction of sp³-hybridized carbons (Fsp3) is 0.688. The van der Waals surface area contributed by atoms with Crippen molar-refractivity contribution in [3.05, 3.63) is 10.6 Å². The number of hydrogen-bond acceptors (Lipinski definition) is 7. The SMILES string of the molecule is CCOC(=O)c1sc(N2CC(N(C)C(=O)OC(C)(C)C)C2)nc1C. The second-order valence-electron chi connectivity index (χ2n) is 6.78. The Kier molecular flexibility index (Phi) is 5.37. The second-order valence-corrected chi connectivity index (χ2v) is 7.76. The van der Waals surface area contributed by atoms with Crippen LogP contribution in [0.3, 0.4) is 0 Å². The maximum atomic E-state index is 12.1. The van der Waals surface area contributed by atoms with Gasteiger partial charge in [0.05, 0.1) is 18.3 Å². The predicted octanol–water partition coefficient (Wildman–Crippen LogP) is 2.68. The van der Waals surface area contributed by atoms with E-state index in [9.17, 15) is 9.59 Å². The number of hydrogen-bond donors (Lipinski definition) is 0. The molecule has 1 aromatic rings. The van der Waals surface area contributed by atoms with Gasteiger partial charge in [0.25, 0.3) is 0 Å². The van der Waals surface area contributed by atoms with E-state index >= 15 is 0 Å². The van der Waals surface area contributed by atoms with Crippen LogP contribution in [0.4, 0.5) is 9.93 Å². The molecular formula is C16H25N3O4S. The minimum absolute atomic E-state index is 0.0788. The molecule has 1 aliphatic rings. The molecule has 7 nitrogen and oxygen atoms in total. The van der Waals surface area contributed by atoms with Crippen LogP contribution in [0, 0.1) is 6.92 Å². The van der Waals surface area contributed by atoms with Gasteiger partial charge < -0.3 is 19.3 Å². The Morgan fingerprint density at radius 2 is 2.00 bits per heavy atom. The van der Waals surface area contributed by atoms with Crippen LogP contribution in [0.5, 0.6) is 0 Å². The topological polar surface area (TPSA) is 72.0 Å². The third-order valence-corrected chi connectivity index (χ3v) is 4.81. The van der Waals surface area contributed by atoms with Crippen LogP contribution in [0.1, 0.15) is 43.1 Å². The number of carbonyl (C=O) groups excluding carboxylic acids is 2. The van der Waals surface area contributed by atoms with Gasteiger partial charge in [-0.25, -0.2) is 14.6 Å². The van der Waals surface area contributed by atoms with Gasteiger partial charge in [0.1, 0.15) is 10.5 Å². The first-order chi connectivity index (χ1) is 11.1. The van der Waals surface area contributed by atoms with Crippen molar-refractivity contribution in [2.24, 2.45) is 0 Å². The van der Waals surface area contributed by atoms with E-state index in [1.807, 2.05) is 25.7 Å². The van der Waals surface area contributed by atoms with Gasteiger partial charge in [0, 0.05) is 20.1 Å². The third kappa shape index (κ3) is 4.17. The van der Waals surface area contributed by atoms with E-state index in [0.29, 0.717) is 30.3 Å². The average molecular weight is 355 g/mol. The van der Waals surface area contributed by atoms with Gasteiger partial charge in [-0.2, -0.15) is 0 Å². The molecule has 24 heavy (non-hydrogen) atoms. The number of thiazole rings is 1. The number of anilines is 1. The van der Waals surface area contributed by atoms with Crippen LogP contribution in [-0.4, -0.2) is 60.3 Å². The zero-order valence-electron chi connectivity index (χ0n) is 15.1. The van der Waals surface area contributed by atoms with E-state index in [1.165, 1.54) is 11.3 Å². The van der Waals surface area contributed by atoms with Crippen molar-refractivity contribution in [3.63, 3.8) is 0 Å². The van der Waals surface area contributed by atoms with Crippen molar-refractivity contribution in [2.75, 3.05) is 31.6 Å². The lowest BCUT2D eigenvalue weighted by atomic mass is 10.1. The molecule has 0 spiro atoms. The number of ether oxygens (including phenoxy) is 2. The van der Waals surface area contributed by atoms with Gasteiger partial charge in [-0.3, -0.25) is 0 Å². The molecule has 0 unspecified atom stereocenters. The van der Waals surface area contributed by atoms with Gasteiger partial charge >= 0.3 is 12.1 Å². The molecule has 0 radical (unpaired) electrons. The lowest BCUT2D eigenvalue weighted by Gasteiger charge is -2.43. The summed E-state index contributed by atoms with van der Waals surface area (Å²) in [5.41, 5.74) is 0.174. The molecule has 0 bridgehead atoms. The Morgan fingerprint density at radius 1 is 1.38 bits per heavy atom. The van der Waals surface area contributed by atoms with Crippen LogP contribution >= 0.6 is 11.3 Å². The van der Waals surface area contributed by atoms with E-state index in [4.69, 9.17) is 9.47 Å². The van der Waals surface area contributed by atoms with E-state index in [-0.39, 0.29) is 18.1 Å². The highest BCUT2D eigenvalue weighted by molar-refractivity contribution is 7.17. The summed E-state index contributed by atoms with van der Waals surface area (Å²) in [5.74, 6) is -0.332. The molecule has 8 heteroatoms. The molecule has 0 atom stereocenters. The van der Waals surface area contributed by atoms with E-state index in [1.54, 1.807) is 25.8 Å². The van der Waals surface area contributed by atoms with Gasteiger partial charge in [-0.1, -0.05) is 11.3 Å². The molecule has 1 aliphatic heterocycles. The summed E-state index contributed by atoms with van der Waals surface area (Å²) in [6.45, 7) is 10.8. The zero-order chi connectivity index (χ0) is 18.1. The molecule has 134 valence electrons. The summed E-state index contributed by atoms with van der Waals surface area (Å²) in [6.07, 6.45) is -0.324. The fourth-order valence-corrected chi connectivity index (χ4v) is 3.22. The predicted molar refractivity (Wildman–Crippen MR) is 92.8 cm³/mol. The standard InChI is InChI=1S/C16H25N3O4S/c1-7-22-13(20)12-10(2)17-14(24-12)19-8-11(9-19)18(6)15(21)23-16(3,4)5/h11H,7-9H2,1-6H3. The van der Waals surface area contributed by atoms with Gasteiger partial charge in [-0.05, 0) is 34.6 Å². The van der Waals surface area contributed by atoms with Crippen LogP contribution in [0.15, 0.2) is 0 Å².